The van der Waals surface area contributed by atoms with E-state index < -0.39 is 0 Å². The number of nitrogens with one attached hydrogen (secondary N) is 2. The molecular weight excluding hydrogens is 215 g/mol. The van der Waals surface area contributed by atoms with Crippen molar-refractivity contribution < 1.29 is 10.2 Å². The second-order valence-corrected chi connectivity index (χ2v) is 3.92. The van der Waals surface area contributed by atoms with E-state index in [1.165, 1.54) is 6.07 Å². The Bertz CT molecular complexity index is 700. The first kappa shape index (κ1) is 9.90. The van der Waals surface area contributed by atoms with Gasteiger partial charge >= 0.3 is 0 Å². The summed E-state index contributed by atoms with van der Waals surface area (Å²) in [6.45, 7) is 0. The Hall–Kier alpha value is -2.30. The molecule has 0 spiro atoms. The maximum Gasteiger partial charge on any atom is 0.199 e. The van der Waals surface area contributed by atoms with Crippen LogP contribution in [0.25, 0.3) is 22.0 Å². The van der Waals surface area contributed by atoms with Crippen LogP contribution in [-0.4, -0.2) is 28.0 Å². The lowest BCUT2D eigenvalue weighted by atomic mass is 9.94. The molecule has 4 nitrogen and oxygen atoms in total. The molecule has 0 atom stereocenters. The zero-order valence-electron chi connectivity index (χ0n) is 8.86. The summed E-state index contributed by atoms with van der Waals surface area (Å²) in [4.78, 5) is 5.52. The molecule has 0 saturated heterocycles. The molecule has 2 radical (unpaired) electrons. The standard InChI is InChI=1S/C12H9BN2O2/c13-6-1-2-7-9(5-14-10(7)3-6)8-4-11(16)15-12(8)17/h1-5,14-17H. The van der Waals surface area contributed by atoms with Crippen molar-refractivity contribution in [1.82, 2.24) is 9.97 Å². The third-order valence-electron chi connectivity index (χ3n) is 2.78. The maximum atomic E-state index is 9.66. The van der Waals surface area contributed by atoms with E-state index in [4.69, 9.17) is 7.85 Å². The fourth-order valence-corrected chi connectivity index (χ4v) is 2.00. The molecule has 0 fully saturated rings. The average molecular weight is 224 g/mol. The van der Waals surface area contributed by atoms with E-state index in [1.807, 2.05) is 12.1 Å². The Balaban J connectivity index is 2.28. The van der Waals surface area contributed by atoms with Crippen LogP contribution in [0.2, 0.25) is 0 Å². The molecule has 0 amide bonds. The summed E-state index contributed by atoms with van der Waals surface area (Å²) < 4.78 is 0. The molecular formula is C12H9BN2O2. The van der Waals surface area contributed by atoms with E-state index in [1.54, 1.807) is 12.3 Å². The van der Waals surface area contributed by atoms with E-state index in [9.17, 15) is 10.2 Å². The number of hydrogen-bond acceptors (Lipinski definition) is 2. The van der Waals surface area contributed by atoms with Crippen LogP contribution in [0.1, 0.15) is 0 Å². The first-order chi connectivity index (χ1) is 8.15. The average Bonchev–Trinajstić information content (AvgIpc) is 2.81. The lowest BCUT2D eigenvalue weighted by molar-refractivity contribution is 0.426. The van der Waals surface area contributed by atoms with Crippen LogP contribution in [0.15, 0.2) is 30.5 Å². The predicted octanol–water partition coefficient (Wildman–Crippen LogP) is 1.37. The molecule has 0 aliphatic carbocycles. The zero-order chi connectivity index (χ0) is 12.0. The summed E-state index contributed by atoms with van der Waals surface area (Å²) in [5, 5.41) is 19.9. The van der Waals surface area contributed by atoms with Gasteiger partial charge in [-0.1, -0.05) is 17.6 Å². The Morgan fingerprint density at radius 1 is 1.06 bits per heavy atom. The Morgan fingerprint density at radius 3 is 2.59 bits per heavy atom. The van der Waals surface area contributed by atoms with Crippen LogP contribution >= 0.6 is 0 Å². The largest absolute Gasteiger partial charge is 0.494 e. The van der Waals surface area contributed by atoms with Crippen LogP contribution in [0.5, 0.6) is 11.8 Å². The van der Waals surface area contributed by atoms with Crippen molar-refractivity contribution in [2.75, 3.05) is 0 Å². The molecule has 0 aliphatic rings. The van der Waals surface area contributed by atoms with Gasteiger partial charge in [-0.2, -0.15) is 0 Å². The van der Waals surface area contributed by atoms with E-state index in [0.29, 0.717) is 11.0 Å². The summed E-state index contributed by atoms with van der Waals surface area (Å²) in [6.07, 6.45) is 1.77. The second kappa shape index (κ2) is 3.35. The van der Waals surface area contributed by atoms with Crippen LogP contribution in [-0.2, 0) is 0 Å². The van der Waals surface area contributed by atoms with Crippen LogP contribution in [0.3, 0.4) is 0 Å². The topological polar surface area (TPSA) is 72.0 Å². The molecule has 0 saturated carbocycles. The van der Waals surface area contributed by atoms with Gasteiger partial charge in [-0.3, -0.25) is 4.98 Å². The first-order valence-corrected chi connectivity index (χ1v) is 5.13. The van der Waals surface area contributed by atoms with Gasteiger partial charge in [0.1, 0.15) is 7.85 Å². The number of aromatic amines is 2. The van der Waals surface area contributed by atoms with Crippen LogP contribution in [0.4, 0.5) is 0 Å². The number of hydrogen-bond donors (Lipinski definition) is 4. The molecule has 2 heterocycles. The smallest absolute Gasteiger partial charge is 0.199 e. The van der Waals surface area contributed by atoms with E-state index >= 15 is 0 Å². The lowest BCUT2D eigenvalue weighted by Gasteiger charge is -1.97. The highest BCUT2D eigenvalue weighted by Crippen LogP contribution is 2.36. The van der Waals surface area contributed by atoms with Gasteiger partial charge in [0.15, 0.2) is 11.8 Å². The minimum atomic E-state index is -0.0673. The van der Waals surface area contributed by atoms with Crippen LogP contribution < -0.4 is 5.46 Å². The number of aromatic hydroxyl groups is 2. The Morgan fingerprint density at radius 2 is 1.88 bits per heavy atom. The van der Waals surface area contributed by atoms with Crippen molar-refractivity contribution in [2.45, 2.75) is 0 Å². The van der Waals surface area contributed by atoms with Gasteiger partial charge in [0, 0.05) is 34.3 Å². The highest BCUT2D eigenvalue weighted by atomic mass is 16.3. The molecule has 0 unspecified atom stereocenters. The summed E-state index contributed by atoms with van der Waals surface area (Å²) in [5.41, 5.74) is 2.93. The molecule has 82 valence electrons. The quantitative estimate of drug-likeness (QED) is 0.471. The van der Waals surface area contributed by atoms with Crippen molar-refractivity contribution in [3.63, 3.8) is 0 Å². The van der Waals surface area contributed by atoms with E-state index in [0.717, 1.165) is 16.5 Å². The maximum absolute atomic E-state index is 9.66. The minimum Gasteiger partial charge on any atom is -0.494 e. The van der Waals surface area contributed by atoms with Gasteiger partial charge in [-0.25, -0.2) is 0 Å². The molecule has 4 N–H and O–H groups in total. The Labute approximate surface area is 98.3 Å². The normalized spacial score (nSPS) is 11.1. The molecule has 3 aromatic rings. The van der Waals surface area contributed by atoms with Crippen molar-refractivity contribution in [2.24, 2.45) is 0 Å². The molecule has 0 bridgehead atoms. The molecule has 2 aromatic heterocycles. The number of rotatable bonds is 1. The molecule has 1 aromatic carbocycles. The summed E-state index contributed by atoms with van der Waals surface area (Å²) in [5.74, 6) is -0.123. The summed E-state index contributed by atoms with van der Waals surface area (Å²) in [7, 11) is 5.69. The number of aromatic nitrogens is 2. The van der Waals surface area contributed by atoms with E-state index in [2.05, 4.69) is 9.97 Å². The zero-order valence-corrected chi connectivity index (χ0v) is 8.86. The monoisotopic (exact) mass is 224 g/mol. The molecule has 3 rings (SSSR count). The van der Waals surface area contributed by atoms with Crippen molar-refractivity contribution in [3.05, 3.63) is 30.5 Å². The van der Waals surface area contributed by atoms with Crippen molar-refractivity contribution >= 4 is 24.2 Å². The van der Waals surface area contributed by atoms with Gasteiger partial charge in [0.2, 0.25) is 0 Å². The third-order valence-corrected chi connectivity index (χ3v) is 2.78. The SMILES string of the molecule is [B]c1ccc2c(-c3cc(O)[nH]c3O)c[nH]c2c1. The van der Waals surface area contributed by atoms with Crippen molar-refractivity contribution in [1.29, 1.82) is 0 Å². The highest BCUT2D eigenvalue weighted by Gasteiger charge is 2.13. The van der Waals surface area contributed by atoms with Crippen molar-refractivity contribution in [3.8, 4) is 22.9 Å². The predicted molar refractivity (Wildman–Crippen MR) is 66.8 cm³/mol. The second-order valence-electron chi connectivity index (χ2n) is 3.92. The first-order valence-electron chi connectivity index (χ1n) is 5.13. The fraction of sp³-hybridized carbons (Fsp3) is 0. The molecule has 0 aliphatic heterocycles. The summed E-state index contributed by atoms with van der Waals surface area (Å²) in [6, 6.07) is 6.97. The van der Waals surface area contributed by atoms with Gasteiger partial charge < -0.3 is 15.2 Å². The minimum absolute atomic E-state index is 0.0553. The number of benzene rings is 1. The third kappa shape index (κ3) is 1.47. The number of H-pyrrole nitrogens is 2. The Kier molecular flexibility index (Phi) is 1.95. The molecule has 17 heavy (non-hydrogen) atoms. The van der Waals surface area contributed by atoms with E-state index in [-0.39, 0.29) is 11.8 Å². The van der Waals surface area contributed by atoms with Gasteiger partial charge in [0.25, 0.3) is 0 Å². The van der Waals surface area contributed by atoms with Gasteiger partial charge in [-0.05, 0) is 6.07 Å². The van der Waals surface area contributed by atoms with Crippen LogP contribution in [0, 0.1) is 0 Å². The number of fused-ring (bicyclic) bond motifs is 1. The lowest BCUT2D eigenvalue weighted by Crippen LogP contribution is -1.99. The summed E-state index contributed by atoms with van der Waals surface area (Å²) >= 11 is 0. The fourth-order valence-electron chi connectivity index (χ4n) is 2.00. The molecule has 5 heteroatoms. The highest BCUT2D eigenvalue weighted by molar-refractivity contribution is 6.33. The van der Waals surface area contributed by atoms with Gasteiger partial charge in [0.05, 0.1) is 0 Å². The van der Waals surface area contributed by atoms with Gasteiger partial charge in [-0.15, -0.1) is 0 Å².